The van der Waals surface area contributed by atoms with Crippen molar-refractivity contribution in [2.45, 2.75) is 0 Å². The molecule has 2 nitrogen and oxygen atoms in total. The lowest BCUT2D eigenvalue weighted by molar-refractivity contribution is 0.975. The molecule has 3 rings (SSSR count). The van der Waals surface area contributed by atoms with E-state index in [9.17, 15) is 4.79 Å². The standard InChI is InChI=1S/C19H15NO/c21-19-13-7-12-18(15-14-16-8-3-1-4-9-16)20(19)17-10-5-2-6-11-17/h1-15H. The van der Waals surface area contributed by atoms with E-state index in [1.807, 2.05) is 78.9 Å². The largest absolute Gasteiger partial charge is 0.278 e. The Morgan fingerprint density at radius 1 is 0.667 bits per heavy atom. The van der Waals surface area contributed by atoms with E-state index in [0.717, 1.165) is 16.9 Å². The highest BCUT2D eigenvalue weighted by atomic mass is 16.1. The van der Waals surface area contributed by atoms with Gasteiger partial charge in [-0.25, -0.2) is 0 Å². The zero-order valence-corrected chi connectivity index (χ0v) is 11.5. The zero-order valence-electron chi connectivity index (χ0n) is 11.5. The van der Waals surface area contributed by atoms with Gasteiger partial charge in [0.2, 0.25) is 0 Å². The Morgan fingerprint density at radius 3 is 2.05 bits per heavy atom. The van der Waals surface area contributed by atoms with Crippen molar-refractivity contribution in [1.82, 2.24) is 4.57 Å². The van der Waals surface area contributed by atoms with E-state index in [2.05, 4.69) is 0 Å². The predicted octanol–water partition coefficient (Wildman–Crippen LogP) is 4.01. The molecule has 102 valence electrons. The summed E-state index contributed by atoms with van der Waals surface area (Å²) in [5.74, 6) is 0. The second kappa shape index (κ2) is 6.06. The highest BCUT2D eigenvalue weighted by Gasteiger charge is 2.02. The molecule has 2 aromatic carbocycles. The van der Waals surface area contributed by atoms with E-state index in [1.54, 1.807) is 16.7 Å². The lowest BCUT2D eigenvalue weighted by atomic mass is 10.2. The van der Waals surface area contributed by atoms with Gasteiger partial charge in [0, 0.05) is 17.4 Å². The normalized spacial score (nSPS) is 10.9. The van der Waals surface area contributed by atoms with Crippen molar-refractivity contribution in [2.24, 2.45) is 0 Å². The molecule has 0 bridgehead atoms. The summed E-state index contributed by atoms with van der Waals surface area (Å²) in [6, 6.07) is 25.0. The number of pyridine rings is 1. The van der Waals surface area contributed by atoms with Crippen LogP contribution in [-0.4, -0.2) is 4.57 Å². The minimum Gasteiger partial charge on any atom is -0.278 e. The minimum absolute atomic E-state index is 0.0311. The number of hydrogen-bond donors (Lipinski definition) is 0. The van der Waals surface area contributed by atoms with Gasteiger partial charge in [-0.15, -0.1) is 0 Å². The van der Waals surface area contributed by atoms with Crippen LogP contribution in [0.3, 0.4) is 0 Å². The van der Waals surface area contributed by atoms with Gasteiger partial charge in [-0.1, -0.05) is 60.7 Å². The fourth-order valence-corrected chi connectivity index (χ4v) is 2.23. The van der Waals surface area contributed by atoms with Crippen LogP contribution in [0.1, 0.15) is 11.3 Å². The average Bonchev–Trinajstić information content (AvgIpc) is 2.55. The third kappa shape index (κ3) is 3.00. The molecule has 0 radical (unpaired) electrons. The van der Waals surface area contributed by atoms with Gasteiger partial charge in [0.25, 0.3) is 5.56 Å². The van der Waals surface area contributed by atoms with Crippen LogP contribution in [-0.2, 0) is 0 Å². The lowest BCUT2D eigenvalue weighted by Gasteiger charge is -2.09. The van der Waals surface area contributed by atoms with Crippen molar-refractivity contribution in [3.8, 4) is 5.69 Å². The smallest absolute Gasteiger partial charge is 0.255 e. The Balaban J connectivity index is 2.06. The summed E-state index contributed by atoms with van der Waals surface area (Å²) in [5.41, 5.74) is 2.80. The number of benzene rings is 2. The molecule has 0 saturated heterocycles. The summed E-state index contributed by atoms with van der Waals surface area (Å²) < 4.78 is 1.71. The van der Waals surface area contributed by atoms with Gasteiger partial charge in [0.05, 0.1) is 0 Å². The molecular weight excluding hydrogens is 258 g/mol. The Labute approximate surface area is 123 Å². The van der Waals surface area contributed by atoms with Gasteiger partial charge >= 0.3 is 0 Å². The third-order valence-electron chi connectivity index (χ3n) is 3.24. The maximum absolute atomic E-state index is 12.2. The van der Waals surface area contributed by atoms with E-state index in [4.69, 9.17) is 0 Å². The fraction of sp³-hybridized carbons (Fsp3) is 0. The Bertz CT molecular complexity index is 802. The lowest BCUT2D eigenvalue weighted by Crippen LogP contribution is -2.18. The number of nitrogens with zero attached hydrogens (tertiary/aromatic N) is 1. The fourth-order valence-electron chi connectivity index (χ4n) is 2.23. The van der Waals surface area contributed by atoms with Crippen molar-refractivity contribution >= 4 is 12.2 Å². The van der Waals surface area contributed by atoms with E-state index in [1.165, 1.54) is 0 Å². The van der Waals surface area contributed by atoms with Crippen molar-refractivity contribution < 1.29 is 0 Å². The second-order valence-electron chi connectivity index (χ2n) is 4.70. The van der Waals surface area contributed by atoms with Crippen LogP contribution in [0, 0.1) is 0 Å². The molecule has 1 heterocycles. The third-order valence-corrected chi connectivity index (χ3v) is 3.24. The number of para-hydroxylation sites is 1. The molecule has 0 aliphatic heterocycles. The van der Waals surface area contributed by atoms with Gasteiger partial charge < -0.3 is 0 Å². The van der Waals surface area contributed by atoms with Crippen molar-refractivity contribution in [1.29, 1.82) is 0 Å². The molecule has 0 aliphatic carbocycles. The predicted molar refractivity (Wildman–Crippen MR) is 87.4 cm³/mol. The topological polar surface area (TPSA) is 22.0 Å². The molecular formula is C19H15NO. The first-order valence-corrected chi connectivity index (χ1v) is 6.85. The van der Waals surface area contributed by atoms with Crippen molar-refractivity contribution in [3.63, 3.8) is 0 Å². The van der Waals surface area contributed by atoms with Gasteiger partial charge in [-0.3, -0.25) is 9.36 Å². The maximum atomic E-state index is 12.2. The van der Waals surface area contributed by atoms with E-state index >= 15 is 0 Å². The average molecular weight is 273 g/mol. The number of hydrogen-bond acceptors (Lipinski definition) is 1. The Morgan fingerprint density at radius 2 is 1.33 bits per heavy atom. The van der Waals surface area contributed by atoms with E-state index in [0.29, 0.717) is 0 Å². The van der Waals surface area contributed by atoms with Crippen molar-refractivity contribution in [3.05, 3.63) is 100 Å². The summed E-state index contributed by atoms with van der Waals surface area (Å²) in [6.45, 7) is 0. The summed E-state index contributed by atoms with van der Waals surface area (Å²) in [5, 5.41) is 0. The first-order chi connectivity index (χ1) is 10.3. The van der Waals surface area contributed by atoms with Gasteiger partial charge in [0.1, 0.15) is 0 Å². The zero-order chi connectivity index (χ0) is 14.5. The SMILES string of the molecule is O=c1cccc(C=Cc2ccccc2)n1-c1ccccc1. The quantitative estimate of drug-likeness (QED) is 0.706. The first-order valence-electron chi connectivity index (χ1n) is 6.85. The molecule has 0 N–H and O–H groups in total. The van der Waals surface area contributed by atoms with E-state index < -0.39 is 0 Å². The molecule has 2 heteroatoms. The van der Waals surface area contributed by atoms with Crippen molar-refractivity contribution in [2.75, 3.05) is 0 Å². The molecule has 0 saturated carbocycles. The summed E-state index contributed by atoms with van der Waals surface area (Å²) in [7, 11) is 0. The molecule has 0 fully saturated rings. The first kappa shape index (κ1) is 13.1. The molecule has 1 aromatic heterocycles. The molecule has 0 unspecified atom stereocenters. The van der Waals surface area contributed by atoms with Crippen LogP contribution in [0.4, 0.5) is 0 Å². The number of aromatic nitrogens is 1. The molecule has 21 heavy (non-hydrogen) atoms. The van der Waals surface area contributed by atoms with Crippen LogP contribution in [0.2, 0.25) is 0 Å². The van der Waals surface area contributed by atoms with Gasteiger partial charge in [-0.2, -0.15) is 0 Å². The van der Waals surface area contributed by atoms with Crippen LogP contribution in [0.5, 0.6) is 0 Å². The summed E-state index contributed by atoms with van der Waals surface area (Å²) in [6.07, 6.45) is 3.97. The highest BCUT2D eigenvalue weighted by Crippen LogP contribution is 2.11. The molecule has 0 amide bonds. The molecule has 3 aromatic rings. The van der Waals surface area contributed by atoms with Crippen LogP contribution < -0.4 is 5.56 Å². The number of rotatable bonds is 3. The summed E-state index contributed by atoms with van der Waals surface area (Å²) >= 11 is 0. The van der Waals surface area contributed by atoms with Gasteiger partial charge in [-0.05, 0) is 29.8 Å². The summed E-state index contributed by atoms with van der Waals surface area (Å²) in [4.78, 5) is 12.2. The highest BCUT2D eigenvalue weighted by molar-refractivity contribution is 5.68. The van der Waals surface area contributed by atoms with Crippen LogP contribution >= 0.6 is 0 Å². The Hall–Kier alpha value is -2.87. The second-order valence-corrected chi connectivity index (χ2v) is 4.70. The van der Waals surface area contributed by atoms with Gasteiger partial charge in [0.15, 0.2) is 0 Å². The molecule has 0 spiro atoms. The Kier molecular flexibility index (Phi) is 3.79. The molecule has 0 atom stereocenters. The minimum atomic E-state index is -0.0311. The van der Waals surface area contributed by atoms with E-state index in [-0.39, 0.29) is 5.56 Å². The maximum Gasteiger partial charge on any atom is 0.255 e. The monoisotopic (exact) mass is 273 g/mol. The van der Waals surface area contributed by atoms with Crippen LogP contribution in [0.15, 0.2) is 83.7 Å². The van der Waals surface area contributed by atoms with Crippen LogP contribution in [0.25, 0.3) is 17.8 Å². The molecule has 0 aliphatic rings.